The van der Waals surface area contributed by atoms with Crippen molar-refractivity contribution in [2.75, 3.05) is 0 Å². The molecule has 0 saturated carbocycles. The predicted octanol–water partition coefficient (Wildman–Crippen LogP) is 13.9. The van der Waals surface area contributed by atoms with Crippen LogP contribution in [0, 0.1) is 6.07 Å². The first-order valence-corrected chi connectivity index (χ1v) is 20.4. The van der Waals surface area contributed by atoms with Gasteiger partial charge >= 0.3 is 0 Å². The first-order chi connectivity index (χ1) is 27.8. The Labute approximate surface area is 363 Å². The topological polar surface area (TPSA) is 50.9 Å². The normalized spacial score (nSPS) is 14.4. The van der Waals surface area contributed by atoms with Gasteiger partial charge in [-0.15, -0.1) is 23.8 Å². The zero-order valence-corrected chi connectivity index (χ0v) is 37.1. The number of para-hydroxylation sites is 1. The molecule has 9 rings (SSSR count). The van der Waals surface area contributed by atoms with Gasteiger partial charge in [0, 0.05) is 44.1 Å². The van der Waals surface area contributed by atoms with Crippen LogP contribution in [-0.2, 0) is 37.3 Å². The first-order valence-electron chi connectivity index (χ1n) is 20.4. The number of pyridine rings is 1. The molecule has 5 heteroatoms. The molecule has 59 heavy (non-hydrogen) atoms. The van der Waals surface area contributed by atoms with Crippen molar-refractivity contribution in [3.05, 3.63) is 168 Å². The smallest absolute Gasteiger partial charge is 0.148 e. The summed E-state index contributed by atoms with van der Waals surface area (Å²) in [5.41, 5.74) is 14.7. The molecule has 0 unspecified atom stereocenters. The summed E-state index contributed by atoms with van der Waals surface area (Å²) in [5.74, 6) is 1.02. The van der Waals surface area contributed by atoms with E-state index in [9.17, 15) is 5.11 Å². The van der Waals surface area contributed by atoms with Gasteiger partial charge in [0.15, 0.2) is 0 Å². The molecule has 6 aromatic carbocycles. The van der Waals surface area contributed by atoms with Crippen molar-refractivity contribution in [1.82, 2.24) is 14.5 Å². The van der Waals surface area contributed by atoms with Crippen LogP contribution in [0.5, 0.6) is 5.75 Å². The van der Waals surface area contributed by atoms with Crippen molar-refractivity contribution in [3.63, 3.8) is 0 Å². The van der Waals surface area contributed by atoms with E-state index in [1.165, 1.54) is 11.1 Å². The van der Waals surface area contributed by atoms with Gasteiger partial charge in [0.05, 0.1) is 22.3 Å². The third-order valence-electron chi connectivity index (χ3n) is 12.3. The molecular formula is C54H50N3OPt-. The molecule has 298 valence electrons. The Kier molecular flexibility index (Phi) is 10.4. The molecular weight excluding hydrogens is 902 g/mol. The second kappa shape index (κ2) is 15.2. The molecule has 1 aliphatic carbocycles. The van der Waals surface area contributed by atoms with E-state index < -0.39 is 0 Å². The van der Waals surface area contributed by atoms with E-state index in [0.29, 0.717) is 11.6 Å². The van der Waals surface area contributed by atoms with Gasteiger partial charge in [0.2, 0.25) is 0 Å². The Bertz CT molecular complexity index is 2760. The Hall–Kier alpha value is -5.57. The van der Waals surface area contributed by atoms with Crippen LogP contribution < -0.4 is 0 Å². The number of phenols is 1. The number of aromatic hydroxyl groups is 1. The zero-order valence-electron chi connectivity index (χ0n) is 34.9. The number of phenolic OH excluding ortho intramolecular Hbond substituents is 1. The van der Waals surface area contributed by atoms with Crippen molar-refractivity contribution in [3.8, 4) is 67.5 Å². The number of imidazole rings is 1. The second-order valence-corrected chi connectivity index (χ2v) is 18.2. The molecule has 0 saturated heterocycles. The van der Waals surface area contributed by atoms with Gasteiger partial charge in [-0.25, -0.2) is 4.98 Å². The van der Waals surface area contributed by atoms with E-state index in [2.05, 4.69) is 174 Å². The van der Waals surface area contributed by atoms with Gasteiger partial charge < -0.3 is 5.11 Å². The number of aromatic nitrogens is 3. The molecule has 8 aromatic rings. The van der Waals surface area contributed by atoms with Crippen LogP contribution >= 0.6 is 0 Å². The molecule has 0 bridgehead atoms. The zero-order chi connectivity index (χ0) is 40.4. The number of rotatable bonds is 6. The predicted molar refractivity (Wildman–Crippen MR) is 241 cm³/mol. The Morgan fingerprint density at radius 3 is 2.00 bits per heavy atom. The fraction of sp³-hybridized carbons (Fsp3) is 0.222. The molecule has 0 fully saturated rings. The average molecular weight is 952 g/mol. The van der Waals surface area contributed by atoms with Crippen LogP contribution in [-0.4, -0.2) is 19.6 Å². The van der Waals surface area contributed by atoms with Crippen LogP contribution in [0.1, 0.15) is 78.0 Å². The third-order valence-corrected chi connectivity index (χ3v) is 12.3. The Morgan fingerprint density at radius 1 is 0.627 bits per heavy atom. The monoisotopic (exact) mass is 951 g/mol. The largest absolute Gasteiger partial charge is 0.507 e. The summed E-state index contributed by atoms with van der Waals surface area (Å²) in [7, 11) is 0. The fourth-order valence-electron chi connectivity index (χ4n) is 8.87. The summed E-state index contributed by atoms with van der Waals surface area (Å²) < 4.78 is 2.27. The minimum Gasteiger partial charge on any atom is -0.507 e. The second-order valence-electron chi connectivity index (χ2n) is 18.2. The Balaban J connectivity index is 0.00000484. The van der Waals surface area contributed by atoms with Gasteiger partial charge in [-0.05, 0) is 81.7 Å². The van der Waals surface area contributed by atoms with E-state index in [4.69, 9.17) is 9.97 Å². The molecule has 2 aromatic heterocycles. The van der Waals surface area contributed by atoms with E-state index in [0.717, 1.165) is 85.3 Å². The van der Waals surface area contributed by atoms with Gasteiger partial charge in [-0.2, -0.15) is 0 Å². The van der Waals surface area contributed by atoms with Crippen LogP contribution in [0.25, 0.3) is 72.7 Å². The molecule has 2 heterocycles. The molecule has 0 amide bonds. The van der Waals surface area contributed by atoms with Crippen molar-refractivity contribution in [1.29, 1.82) is 0 Å². The number of benzene rings is 6. The standard InChI is InChI=1S/C54H50N3O.Pt/c1-52(2,3)40-24-27-46(43(34-40)36-19-12-9-13-20-36)57-47-23-16-21-41(38-31-37(35-17-10-8-11-18-35)32-39(33-38)45-22-14-15-30-55-45)49(47)56-51(57)42-25-26-44-48(50(42)58)54(6,7)29-28-53(44,4)5;/h8-27,30-32,34,58H,28-29H2,1-7H3;/q-1;. The molecule has 0 atom stereocenters. The SMILES string of the molecule is CC(C)(C)c1ccc(-n2c(-c3ccc4c(c3O)C(C)(C)CCC4(C)C)nc3c(-c4[c-]c(-c5ccccn5)cc(-c5ccccc5)c4)cccc32)c(-c2ccccc2)c1.[Pt]. The minimum atomic E-state index is -0.203. The van der Waals surface area contributed by atoms with Crippen molar-refractivity contribution in [2.24, 2.45) is 0 Å². The third kappa shape index (κ3) is 7.27. The summed E-state index contributed by atoms with van der Waals surface area (Å²) in [6.07, 6.45) is 3.88. The summed E-state index contributed by atoms with van der Waals surface area (Å²) in [5, 5.41) is 12.6. The Morgan fingerprint density at radius 2 is 1.31 bits per heavy atom. The maximum Gasteiger partial charge on any atom is 0.148 e. The first kappa shape index (κ1) is 40.2. The van der Waals surface area contributed by atoms with Gasteiger partial charge in [-0.3, -0.25) is 9.55 Å². The fourth-order valence-corrected chi connectivity index (χ4v) is 8.87. The van der Waals surface area contributed by atoms with Crippen molar-refractivity contribution in [2.45, 2.75) is 77.6 Å². The molecule has 0 spiro atoms. The number of hydrogen-bond acceptors (Lipinski definition) is 3. The van der Waals surface area contributed by atoms with Crippen molar-refractivity contribution < 1.29 is 26.2 Å². The minimum absolute atomic E-state index is 0. The van der Waals surface area contributed by atoms with Gasteiger partial charge in [0.25, 0.3) is 0 Å². The van der Waals surface area contributed by atoms with E-state index in [1.54, 1.807) is 0 Å². The van der Waals surface area contributed by atoms with E-state index >= 15 is 0 Å². The molecule has 0 radical (unpaired) electrons. The molecule has 0 aliphatic heterocycles. The summed E-state index contributed by atoms with van der Waals surface area (Å²) in [6, 6.07) is 52.8. The van der Waals surface area contributed by atoms with Crippen LogP contribution in [0.15, 0.2) is 146 Å². The number of hydrogen-bond donors (Lipinski definition) is 1. The number of nitrogens with zero attached hydrogens (tertiary/aromatic N) is 3. The van der Waals surface area contributed by atoms with E-state index in [1.807, 2.05) is 30.5 Å². The summed E-state index contributed by atoms with van der Waals surface area (Å²) in [6.45, 7) is 15.9. The van der Waals surface area contributed by atoms with Gasteiger partial charge in [0.1, 0.15) is 11.6 Å². The van der Waals surface area contributed by atoms with Gasteiger partial charge in [-0.1, -0.05) is 162 Å². The van der Waals surface area contributed by atoms with E-state index in [-0.39, 0.29) is 37.3 Å². The molecule has 4 nitrogen and oxygen atoms in total. The van der Waals surface area contributed by atoms with Crippen molar-refractivity contribution >= 4 is 11.0 Å². The summed E-state index contributed by atoms with van der Waals surface area (Å²) in [4.78, 5) is 10.3. The quantitative estimate of drug-likeness (QED) is 0.169. The average Bonchev–Trinajstić information content (AvgIpc) is 3.62. The maximum atomic E-state index is 12.6. The maximum absolute atomic E-state index is 12.6. The molecule has 1 aliphatic rings. The van der Waals surface area contributed by atoms with Crippen LogP contribution in [0.3, 0.4) is 0 Å². The van der Waals surface area contributed by atoms with Crippen LogP contribution in [0.2, 0.25) is 0 Å². The molecule has 1 N–H and O–H groups in total. The number of fused-ring (bicyclic) bond motifs is 2. The summed E-state index contributed by atoms with van der Waals surface area (Å²) >= 11 is 0. The van der Waals surface area contributed by atoms with Crippen LogP contribution in [0.4, 0.5) is 0 Å².